The first kappa shape index (κ1) is 13.2. The number of hydrogen-bond acceptors (Lipinski definition) is 3. The zero-order chi connectivity index (χ0) is 13.8. The van der Waals surface area contributed by atoms with Gasteiger partial charge in [-0.25, -0.2) is 0 Å². The van der Waals surface area contributed by atoms with Crippen molar-refractivity contribution in [1.82, 2.24) is 15.1 Å². The monoisotopic (exact) mass is 271 g/mol. The van der Waals surface area contributed by atoms with E-state index >= 15 is 0 Å². The van der Waals surface area contributed by atoms with Gasteiger partial charge in [-0.15, -0.1) is 0 Å². The van der Waals surface area contributed by atoms with Gasteiger partial charge >= 0.3 is 0 Å². The second-order valence-electron chi connectivity index (χ2n) is 5.51. The number of nitrogens with one attached hydrogen (secondary N) is 1. The van der Waals surface area contributed by atoms with E-state index in [9.17, 15) is 0 Å². The second kappa shape index (κ2) is 6.09. The van der Waals surface area contributed by atoms with Crippen LogP contribution in [0.5, 0.6) is 11.5 Å². The van der Waals surface area contributed by atoms with Crippen LogP contribution < -0.4 is 10.1 Å². The van der Waals surface area contributed by atoms with E-state index in [1.54, 1.807) is 6.20 Å². The SMILES string of the molecule is Cc1ccc(Oc2cnn(CC3CCNCC3)c2)cc1. The minimum absolute atomic E-state index is 0.725. The van der Waals surface area contributed by atoms with Gasteiger partial charge in [0.15, 0.2) is 5.75 Å². The predicted molar refractivity (Wildman–Crippen MR) is 79.1 cm³/mol. The quantitative estimate of drug-likeness (QED) is 0.929. The number of piperidine rings is 1. The summed E-state index contributed by atoms with van der Waals surface area (Å²) in [5, 5.41) is 7.78. The molecule has 20 heavy (non-hydrogen) atoms. The van der Waals surface area contributed by atoms with Gasteiger partial charge < -0.3 is 10.1 Å². The van der Waals surface area contributed by atoms with Crippen molar-refractivity contribution in [2.24, 2.45) is 5.92 Å². The van der Waals surface area contributed by atoms with E-state index in [1.165, 1.54) is 18.4 Å². The molecule has 3 rings (SSSR count). The Hall–Kier alpha value is -1.81. The third-order valence-electron chi connectivity index (χ3n) is 3.77. The largest absolute Gasteiger partial charge is 0.454 e. The summed E-state index contributed by atoms with van der Waals surface area (Å²) in [5.74, 6) is 2.39. The number of nitrogens with zero attached hydrogens (tertiary/aromatic N) is 2. The standard InChI is InChI=1S/C16H21N3O/c1-13-2-4-15(5-3-13)20-16-10-18-19(12-16)11-14-6-8-17-9-7-14/h2-5,10,12,14,17H,6-9,11H2,1H3. The molecule has 0 aliphatic carbocycles. The van der Waals surface area contributed by atoms with Crippen LogP contribution in [0, 0.1) is 12.8 Å². The maximum atomic E-state index is 5.81. The van der Waals surface area contributed by atoms with E-state index in [1.807, 2.05) is 23.0 Å². The van der Waals surface area contributed by atoms with Gasteiger partial charge in [0.05, 0.1) is 12.4 Å². The molecule has 0 spiro atoms. The third-order valence-corrected chi connectivity index (χ3v) is 3.77. The molecule has 0 amide bonds. The van der Waals surface area contributed by atoms with Gasteiger partial charge in [0.1, 0.15) is 5.75 Å². The van der Waals surface area contributed by atoms with E-state index in [2.05, 4.69) is 29.5 Å². The molecule has 0 atom stereocenters. The molecule has 2 heterocycles. The molecular formula is C16H21N3O. The Balaban J connectivity index is 1.60. The van der Waals surface area contributed by atoms with Crippen LogP contribution in [0.4, 0.5) is 0 Å². The van der Waals surface area contributed by atoms with Gasteiger partial charge in [-0.1, -0.05) is 17.7 Å². The summed E-state index contributed by atoms with van der Waals surface area (Å²) < 4.78 is 7.81. The Morgan fingerprint density at radius 3 is 2.70 bits per heavy atom. The summed E-state index contributed by atoms with van der Waals surface area (Å²) in [4.78, 5) is 0. The van der Waals surface area contributed by atoms with Crippen molar-refractivity contribution in [1.29, 1.82) is 0 Å². The molecule has 1 saturated heterocycles. The van der Waals surface area contributed by atoms with Gasteiger partial charge in [-0.05, 0) is 50.9 Å². The average molecular weight is 271 g/mol. The van der Waals surface area contributed by atoms with Crippen LogP contribution in [0.15, 0.2) is 36.7 Å². The van der Waals surface area contributed by atoms with Gasteiger partial charge in [0.2, 0.25) is 0 Å². The Morgan fingerprint density at radius 1 is 1.20 bits per heavy atom. The van der Waals surface area contributed by atoms with Gasteiger partial charge in [0, 0.05) is 6.54 Å². The summed E-state index contributed by atoms with van der Waals surface area (Å²) in [6.07, 6.45) is 6.24. The van der Waals surface area contributed by atoms with Gasteiger partial charge in [0.25, 0.3) is 0 Å². The molecule has 4 nitrogen and oxygen atoms in total. The van der Waals surface area contributed by atoms with Crippen molar-refractivity contribution in [2.45, 2.75) is 26.3 Å². The highest BCUT2D eigenvalue weighted by atomic mass is 16.5. The third kappa shape index (κ3) is 3.39. The lowest BCUT2D eigenvalue weighted by atomic mass is 9.98. The van der Waals surface area contributed by atoms with E-state index in [0.29, 0.717) is 0 Å². The highest BCUT2D eigenvalue weighted by Gasteiger charge is 2.14. The highest BCUT2D eigenvalue weighted by molar-refractivity contribution is 5.30. The zero-order valence-corrected chi connectivity index (χ0v) is 11.9. The zero-order valence-electron chi connectivity index (χ0n) is 11.9. The van der Waals surface area contributed by atoms with Crippen molar-refractivity contribution in [3.63, 3.8) is 0 Å². The molecular weight excluding hydrogens is 250 g/mol. The van der Waals surface area contributed by atoms with Crippen LogP contribution in [0.25, 0.3) is 0 Å². The molecule has 0 unspecified atom stereocenters. The summed E-state index contributed by atoms with van der Waals surface area (Å²) in [6.45, 7) is 5.30. The lowest BCUT2D eigenvalue weighted by molar-refractivity contribution is 0.321. The molecule has 1 aliphatic rings. The molecule has 2 aromatic rings. The van der Waals surface area contributed by atoms with E-state index in [-0.39, 0.29) is 0 Å². The summed E-state index contributed by atoms with van der Waals surface area (Å²) in [6, 6.07) is 8.07. The molecule has 1 fully saturated rings. The maximum absolute atomic E-state index is 5.81. The fourth-order valence-electron chi connectivity index (χ4n) is 2.57. The topological polar surface area (TPSA) is 39.1 Å². The first-order valence-corrected chi connectivity index (χ1v) is 7.27. The molecule has 106 valence electrons. The van der Waals surface area contributed by atoms with Crippen LogP contribution in [0.1, 0.15) is 18.4 Å². The van der Waals surface area contributed by atoms with E-state index in [4.69, 9.17) is 4.74 Å². The molecule has 1 N–H and O–H groups in total. The summed E-state index contributed by atoms with van der Waals surface area (Å²) in [5.41, 5.74) is 1.24. The number of benzene rings is 1. The van der Waals surface area contributed by atoms with Crippen LogP contribution in [0.3, 0.4) is 0 Å². The Morgan fingerprint density at radius 2 is 1.95 bits per heavy atom. The first-order chi connectivity index (χ1) is 9.79. The van der Waals surface area contributed by atoms with Gasteiger partial charge in [-0.2, -0.15) is 5.10 Å². The molecule has 0 radical (unpaired) electrons. The molecule has 1 aliphatic heterocycles. The molecule has 0 bridgehead atoms. The van der Waals surface area contributed by atoms with Crippen molar-refractivity contribution in [3.8, 4) is 11.5 Å². The van der Waals surface area contributed by atoms with E-state index < -0.39 is 0 Å². The molecule has 1 aromatic carbocycles. The highest BCUT2D eigenvalue weighted by Crippen LogP contribution is 2.22. The van der Waals surface area contributed by atoms with Gasteiger partial charge in [-0.3, -0.25) is 4.68 Å². The molecule has 4 heteroatoms. The number of rotatable bonds is 4. The summed E-state index contributed by atoms with van der Waals surface area (Å²) >= 11 is 0. The van der Waals surface area contributed by atoms with Crippen molar-refractivity contribution >= 4 is 0 Å². The number of aryl methyl sites for hydroxylation is 1. The lowest BCUT2D eigenvalue weighted by Crippen LogP contribution is -2.29. The van der Waals surface area contributed by atoms with Crippen molar-refractivity contribution < 1.29 is 4.74 Å². The summed E-state index contributed by atoms with van der Waals surface area (Å²) in [7, 11) is 0. The van der Waals surface area contributed by atoms with Crippen molar-refractivity contribution in [3.05, 3.63) is 42.2 Å². The van der Waals surface area contributed by atoms with Crippen molar-refractivity contribution in [2.75, 3.05) is 13.1 Å². The average Bonchev–Trinajstić information content (AvgIpc) is 2.90. The number of hydrogen-bond donors (Lipinski definition) is 1. The Kier molecular flexibility index (Phi) is 4.02. The molecule has 0 saturated carbocycles. The van der Waals surface area contributed by atoms with Crippen LogP contribution in [0.2, 0.25) is 0 Å². The predicted octanol–water partition coefficient (Wildman–Crippen LogP) is 2.98. The van der Waals surface area contributed by atoms with Crippen LogP contribution in [-0.4, -0.2) is 22.9 Å². The first-order valence-electron chi connectivity index (χ1n) is 7.27. The Labute approximate surface area is 119 Å². The fraction of sp³-hybridized carbons (Fsp3) is 0.438. The number of aromatic nitrogens is 2. The maximum Gasteiger partial charge on any atom is 0.165 e. The Bertz CT molecular complexity index is 541. The molecule has 1 aromatic heterocycles. The normalized spacial score (nSPS) is 16.2. The fourth-order valence-corrected chi connectivity index (χ4v) is 2.57. The lowest BCUT2D eigenvalue weighted by Gasteiger charge is -2.22. The minimum atomic E-state index is 0.725. The van der Waals surface area contributed by atoms with Crippen LogP contribution >= 0.6 is 0 Å². The second-order valence-corrected chi connectivity index (χ2v) is 5.51. The smallest absolute Gasteiger partial charge is 0.165 e. The van der Waals surface area contributed by atoms with E-state index in [0.717, 1.165) is 37.1 Å². The minimum Gasteiger partial charge on any atom is -0.454 e. The number of ether oxygens (including phenoxy) is 1. The van der Waals surface area contributed by atoms with Crippen LogP contribution in [-0.2, 0) is 6.54 Å².